The van der Waals surface area contributed by atoms with Gasteiger partial charge in [-0.1, -0.05) is 0 Å². The van der Waals surface area contributed by atoms with Gasteiger partial charge in [-0.25, -0.2) is 13.8 Å². The summed E-state index contributed by atoms with van der Waals surface area (Å²) in [5.41, 5.74) is 3.88. The molecule has 1 rings (SSSR count). The molecule has 1 aromatic rings. The lowest BCUT2D eigenvalue weighted by molar-refractivity contribution is 0.110. The molecular weight excluding hydrogens is 192 g/mol. The highest BCUT2D eigenvalue weighted by Crippen LogP contribution is 2.27. The Morgan fingerprint density at radius 2 is 2.29 bits per heavy atom. The molecule has 0 spiro atoms. The zero-order valence-electron chi connectivity index (χ0n) is 6.87. The molecule has 0 aromatic carbocycles. The van der Waals surface area contributed by atoms with Crippen LogP contribution in [0.5, 0.6) is 0 Å². The molecule has 0 saturated carbocycles. The number of nitrogens with two attached hydrogens (primary N) is 1. The van der Waals surface area contributed by atoms with Crippen LogP contribution in [0.4, 0.5) is 14.6 Å². The monoisotopic (exact) mass is 197 g/mol. The number of rotatable bonds is 2. The molecule has 1 heterocycles. The Kier molecular flexibility index (Phi) is 2.72. The number of hydrogen-bond donors (Lipinski definition) is 1. The number of halogens is 2. The number of anilines is 1. The standard InChI is InChI=1S/C8H5F2N3O/c9-7(10)6-5(3-14)4(1-11)2-13-8(6)12/h2-3,7H,(H2,12,13). The number of nitriles is 1. The fraction of sp³-hybridized carbons (Fsp3) is 0.125. The van der Waals surface area contributed by atoms with Crippen LogP contribution >= 0.6 is 0 Å². The third-order valence-electron chi connectivity index (χ3n) is 1.65. The molecule has 0 unspecified atom stereocenters. The van der Waals surface area contributed by atoms with Crippen molar-refractivity contribution in [3.8, 4) is 6.07 Å². The van der Waals surface area contributed by atoms with Crippen LogP contribution < -0.4 is 5.73 Å². The van der Waals surface area contributed by atoms with Gasteiger partial charge in [-0.2, -0.15) is 5.26 Å². The van der Waals surface area contributed by atoms with Crippen molar-refractivity contribution in [2.24, 2.45) is 0 Å². The summed E-state index contributed by atoms with van der Waals surface area (Å²) in [6.45, 7) is 0. The van der Waals surface area contributed by atoms with Gasteiger partial charge < -0.3 is 5.73 Å². The fourth-order valence-electron chi connectivity index (χ4n) is 1.00. The van der Waals surface area contributed by atoms with Crippen LogP contribution in [-0.2, 0) is 0 Å². The highest BCUT2D eigenvalue weighted by molar-refractivity contribution is 5.83. The second-order valence-corrected chi connectivity index (χ2v) is 2.41. The number of carbonyl (C=O) groups is 1. The maximum atomic E-state index is 12.4. The number of pyridine rings is 1. The number of carbonyl (C=O) groups excluding carboxylic acids is 1. The van der Waals surface area contributed by atoms with Crippen molar-refractivity contribution in [3.63, 3.8) is 0 Å². The van der Waals surface area contributed by atoms with E-state index in [1.165, 1.54) is 0 Å². The molecule has 0 fully saturated rings. The fourth-order valence-corrected chi connectivity index (χ4v) is 1.00. The molecule has 4 nitrogen and oxygen atoms in total. The van der Waals surface area contributed by atoms with Crippen LogP contribution in [-0.4, -0.2) is 11.3 Å². The summed E-state index contributed by atoms with van der Waals surface area (Å²) >= 11 is 0. The van der Waals surface area contributed by atoms with E-state index in [-0.39, 0.29) is 11.8 Å². The molecule has 0 radical (unpaired) electrons. The molecule has 0 amide bonds. The van der Waals surface area contributed by atoms with Gasteiger partial charge in [-0.05, 0) is 0 Å². The largest absolute Gasteiger partial charge is 0.383 e. The average molecular weight is 197 g/mol. The van der Waals surface area contributed by atoms with Crippen molar-refractivity contribution in [1.82, 2.24) is 4.98 Å². The van der Waals surface area contributed by atoms with Crippen molar-refractivity contribution < 1.29 is 13.6 Å². The van der Waals surface area contributed by atoms with Crippen molar-refractivity contribution in [3.05, 3.63) is 22.9 Å². The lowest BCUT2D eigenvalue weighted by Crippen LogP contribution is -2.05. The minimum absolute atomic E-state index is 0.179. The molecule has 1 aromatic heterocycles. The summed E-state index contributed by atoms with van der Waals surface area (Å²) in [7, 11) is 0. The van der Waals surface area contributed by atoms with Gasteiger partial charge in [0.15, 0.2) is 6.29 Å². The van der Waals surface area contributed by atoms with Gasteiger partial charge in [0.05, 0.1) is 11.1 Å². The molecule has 14 heavy (non-hydrogen) atoms. The number of aromatic nitrogens is 1. The Morgan fingerprint density at radius 3 is 2.71 bits per heavy atom. The SMILES string of the molecule is N#Cc1cnc(N)c(C(F)F)c1C=O. The Morgan fingerprint density at radius 1 is 1.64 bits per heavy atom. The van der Waals surface area contributed by atoms with Crippen LogP contribution in [0.3, 0.4) is 0 Å². The van der Waals surface area contributed by atoms with Crippen molar-refractivity contribution >= 4 is 12.1 Å². The van der Waals surface area contributed by atoms with Crippen LogP contribution in [0.2, 0.25) is 0 Å². The maximum Gasteiger partial charge on any atom is 0.268 e. The summed E-state index contributed by atoms with van der Waals surface area (Å²) in [5, 5.41) is 8.51. The minimum Gasteiger partial charge on any atom is -0.383 e. The number of nitrogen functional groups attached to an aromatic ring is 1. The second-order valence-electron chi connectivity index (χ2n) is 2.41. The van der Waals surface area contributed by atoms with Crippen LogP contribution in [0.1, 0.15) is 27.9 Å². The second kappa shape index (κ2) is 3.79. The highest BCUT2D eigenvalue weighted by Gasteiger charge is 2.20. The zero-order chi connectivity index (χ0) is 10.7. The molecule has 0 aliphatic rings. The normalized spacial score (nSPS) is 9.86. The van der Waals surface area contributed by atoms with Crippen LogP contribution in [0.25, 0.3) is 0 Å². The number of hydrogen-bond acceptors (Lipinski definition) is 4. The lowest BCUT2D eigenvalue weighted by atomic mass is 10.1. The average Bonchev–Trinajstić information content (AvgIpc) is 2.16. The Hall–Kier alpha value is -2.03. The molecule has 6 heteroatoms. The third-order valence-corrected chi connectivity index (χ3v) is 1.65. The van der Waals surface area contributed by atoms with E-state index in [9.17, 15) is 13.6 Å². The number of aldehydes is 1. The van der Waals surface area contributed by atoms with E-state index in [1.807, 2.05) is 0 Å². The van der Waals surface area contributed by atoms with Gasteiger partial charge >= 0.3 is 0 Å². The number of alkyl halides is 2. The van der Waals surface area contributed by atoms with E-state index in [1.54, 1.807) is 6.07 Å². The predicted molar refractivity (Wildman–Crippen MR) is 43.7 cm³/mol. The molecular formula is C8H5F2N3O. The smallest absolute Gasteiger partial charge is 0.268 e. The maximum absolute atomic E-state index is 12.4. The van der Waals surface area contributed by atoms with Crippen LogP contribution in [0.15, 0.2) is 6.20 Å². The summed E-state index contributed by atoms with van der Waals surface area (Å²) in [6, 6.07) is 1.59. The first-order valence-corrected chi connectivity index (χ1v) is 3.53. The molecule has 72 valence electrons. The van der Waals surface area contributed by atoms with E-state index in [0.717, 1.165) is 6.20 Å². The highest BCUT2D eigenvalue weighted by atomic mass is 19.3. The van der Waals surface area contributed by atoms with E-state index >= 15 is 0 Å². The third kappa shape index (κ3) is 1.52. The summed E-state index contributed by atoms with van der Waals surface area (Å²) < 4.78 is 24.8. The molecule has 2 N–H and O–H groups in total. The first-order chi connectivity index (χ1) is 6.61. The first-order valence-electron chi connectivity index (χ1n) is 3.53. The van der Waals surface area contributed by atoms with Gasteiger partial charge in [-0.15, -0.1) is 0 Å². The lowest BCUT2D eigenvalue weighted by Gasteiger charge is -2.06. The van der Waals surface area contributed by atoms with E-state index in [0.29, 0.717) is 0 Å². The summed E-state index contributed by atoms with van der Waals surface area (Å²) in [5.74, 6) is -0.430. The predicted octanol–water partition coefficient (Wildman–Crippen LogP) is 1.29. The number of nitrogens with zero attached hydrogens (tertiary/aromatic N) is 2. The minimum atomic E-state index is -2.92. The molecule has 0 atom stereocenters. The summed E-state index contributed by atoms with van der Waals surface area (Å²) in [6.07, 6.45) is -1.75. The van der Waals surface area contributed by atoms with Crippen molar-refractivity contribution in [2.75, 3.05) is 5.73 Å². The quantitative estimate of drug-likeness (QED) is 0.724. The van der Waals surface area contributed by atoms with Gasteiger partial charge in [0.1, 0.15) is 11.9 Å². The van der Waals surface area contributed by atoms with Crippen molar-refractivity contribution in [1.29, 1.82) is 5.26 Å². The van der Waals surface area contributed by atoms with E-state index < -0.39 is 23.4 Å². The molecule has 0 aliphatic heterocycles. The topological polar surface area (TPSA) is 79.8 Å². The van der Waals surface area contributed by atoms with E-state index in [2.05, 4.69) is 4.98 Å². The van der Waals surface area contributed by atoms with E-state index in [4.69, 9.17) is 11.0 Å². The Balaban J connectivity index is 3.52. The van der Waals surface area contributed by atoms with Gasteiger partial charge in [0, 0.05) is 11.8 Å². The van der Waals surface area contributed by atoms with Gasteiger partial charge in [0.25, 0.3) is 6.43 Å². The van der Waals surface area contributed by atoms with Gasteiger partial charge in [-0.3, -0.25) is 4.79 Å². The zero-order valence-corrected chi connectivity index (χ0v) is 6.87. The molecule has 0 saturated heterocycles. The molecule has 0 bridgehead atoms. The molecule has 0 aliphatic carbocycles. The van der Waals surface area contributed by atoms with Crippen molar-refractivity contribution in [2.45, 2.75) is 6.43 Å². The Bertz CT molecular complexity index is 412. The van der Waals surface area contributed by atoms with Gasteiger partial charge in [0.2, 0.25) is 0 Å². The van der Waals surface area contributed by atoms with Crippen LogP contribution in [0, 0.1) is 11.3 Å². The first kappa shape index (κ1) is 10.1. The Labute approximate surface area is 78.0 Å². The summed E-state index contributed by atoms with van der Waals surface area (Å²) in [4.78, 5) is 13.9.